The normalized spacial score (nSPS) is 10.7. The fourth-order valence-corrected chi connectivity index (χ4v) is 2.69. The average Bonchev–Trinajstić information content (AvgIpc) is 2.44. The van der Waals surface area contributed by atoms with E-state index in [9.17, 15) is 9.18 Å². The Morgan fingerprint density at radius 1 is 1.14 bits per heavy atom. The van der Waals surface area contributed by atoms with Gasteiger partial charge in [-0.15, -0.1) is 0 Å². The molecule has 118 valence electrons. The molecule has 0 aliphatic carbocycles. The highest BCUT2D eigenvalue weighted by molar-refractivity contribution is 9.10. The first-order chi connectivity index (χ1) is 10.0. The van der Waals surface area contributed by atoms with Crippen LogP contribution in [0.1, 0.15) is 63.9 Å². The molecule has 0 bridgehead atoms. The predicted molar refractivity (Wildman–Crippen MR) is 90.1 cm³/mol. The van der Waals surface area contributed by atoms with Gasteiger partial charge in [-0.05, 0) is 47.0 Å². The molecule has 1 N–H and O–H groups in total. The Balaban J connectivity index is 2.26. The number of benzene rings is 1. The number of hydrogen-bond donors (Lipinski definition) is 1. The van der Waals surface area contributed by atoms with Crippen molar-refractivity contribution in [2.45, 2.75) is 65.2 Å². The van der Waals surface area contributed by atoms with Crippen LogP contribution < -0.4 is 5.32 Å². The number of anilines is 1. The largest absolute Gasteiger partial charge is 0.326 e. The third kappa shape index (κ3) is 7.07. The van der Waals surface area contributed by atoms with Gasteiger partial charge in [0, 0.05) is 12.1 Å². The Morgan fingerprint density at radius 2 is 1.76 bits per heavy atom. The molecule has 0 heterocycles. The molecule has 0 fully saturated rings. The summed E-state index contributed by atoms with van der Waals surface area (Å²) in [7, 11) is 0. The summed E-state index contributed by atoms with van der Waals surface area (Å²) in [5.74, 6) is -0.389. The Kier molecular flexibility index (Phi) is 8.58. The first kappa shape index (κ1) is 18.1. The van der Waals surface area contributed by atoms with E-state index < -0.39 is 0 Å². The van der Waals surface area contributed by atoms with Crippen molar-refractivity contribution in [2.75, 3.05) is 5.32 Å². The molecular formula is C17H25BrFNO. The van der Waals surface area contributed by atoms with Gasteiger partial charge in [0.1, 0.15) is 5.82 Å². The van der Waals surface area contributed by atoms with Gasteiger partial charge in [-0.25, -0.2) is 4.39 Å². The van der Waals surface area contributed by atoms with Crippen LogP contribution in [-0.4, -0.2) is 5.91 Å². The molecule has 1 aromatic carbocycles. The van der Waals surface area contributed by atoms with Crippen LogP contribution in [0.3, 0.4) is 0 Å². The number of aryl methyl sites for hydroxylation is 1. The molecule has 0 spiro atoms. The maximum atomic E-state index is 13.5. The lowest BCUT2D eigenvalue weighted by atomic mass is 10.1. The highest BCUT2D eigenvalue weighted by Gasteiger charge is 2.08. The third-order valence-corrected chi connectivity index (χ3v) is 4.16. The summed E-state index contributed by atoms with van der Waals surface area (Å²) in [6.45, 7) is 4.06. The molecule has 0 aromatic heterocycles. The van der Waals surface area contributed by atoms with Crippen LogP contribution in [0.25, 0.3) is 0 Å². The molecule has 21 heavy (non-hydrogen) atoms. The second kappa shape index (κ2) is 9.93. The van der Waals surface area contributed by atoms with Crippen molar-refractivity contribution >= 4 is 27.5 Å². The molecule has 2 nitrogen and oxygen atoms in total. The fraction of sp³-hybridized carbons (Fsp3) is 0.588. The zero-order valence-electron chi connectivity index (χ0n) is 13.0. The van der Waals surface area contributed by atoms with Crippen molar-refractivity contribution in [2.24, 2.45) is 0 Å². The predicted octanol–water partition coefficient (Wildman–Crippen LogP) is 5.98. The highest BCUT2D eigenvalue weighted by Crippen LogP contribution is 2.24. The molecule has 1 amide bonds. The van der Waals surface area contributed by atoms with E-state index in [0.717, 1.165) is 18.4 Å². The van der Waals surface area contributed by atoms with Crippen LogP contribution in [0.2, 0.25) is 0 Å². The average molecular weight is 358 g/mol. The summed E-state index contributed by atoms with van der Waals surface area (Å²) in [4.78, 5) is 11.9. The van der Waals surface area contributed by atoms with Gasteiger partial charge in [0.15, 0.2) is 0 Å². The molecule has 0 aliphatic heterocycles. The molecule has 0 saturated heterocycles. The van der Waals surface area contributed by atoms with Gasteiger partial charge in [-0.2, -0.15) is 0 Å². The van der Waals surface area contributed by atoms with Gasteiger partial charge in [0.25, 0.3) is 0 Å². The van der Waals surface area contributed by atoms with Crippen molar-refractivity contribution in [3.63, 3.8) is 0 Å². The van der Waals surface area contributed by atoms with E-state index in [4.69, 9.17) is 0 Å². The van der Waals surface area contributed by atoms with Crippen molar-refractivity contribution in [3.8, 4) is 0 Å². The number of carbonyl (C=O) groups excluding carboxylic acids is 1. The number of rotatable bonds is 9. The summed E-state index contributed by atoms with van der Waals surface area (Å²) < 4.78 is 13.9. The second-order valence-corrected chi connectivity index (χ2v) is 6.36. The van der Waals surface area contributed by atoms with E-state index in [-0.39, 0.29) is 11.7 Å². The maximum Gasteiger partial charge on any atom is 0.224 e. The first-order valence-corrected chi connectivity index (χ1v) is 8.59. The van der Waals surface area contributed by atoms with E-state index in [0.29, 0.717) is 16.6 Å². The van der Waals surface area contributed by atoms with E-state index in [1.165, 1.54) is 38.2 Å². The van der Waals surface area contributed by atoms with Gasteiger partial charge in [-0.3, -0.25) is 4.79 Å². The number of hydrogen-bond acceptors (Lipinski definition) is 1. The molecule has 0 radical (unpaired) electrons. The smallest absolute Gasteiger partial charge is 0.224 e. The van der Waals surface area contributed by atoms with Crippen LogP contribution in [0.5, 0.6) is 0 Å². The number of unbranched alkanes of at least 4 members (excludes halogenated alkanes) is 6. The van der Waals surface area contributed by atoms with Gasteiger partial charge in [0.05, 0.1) is 4.47 Å². The molecule has 1 aromatic rings. The lowest BCUT2D eigenvalue weighted by Gasteiger charge is -2.09. The van der Waals surface area contributed by atoms with Gasteiger partial charge < -0.3 is 5.32 Å². The lowest BCUT2D eigenvalue weighted by Crippen LogP contribution is -2.12. The SMILES string of the molecule is CCCCCCCCCC(=O)Nc1cc(F)c(Br)cc1C. The monoisotopic (exact) mass is 357 g/mol. The third-order valence-electron chi connectivity index (χ3n) is 3.55. The topological polar surface area (TPSA) is 29.1 Å². The van der Waals surface area contributed by atoms with Crippen LogP contribution in [0, 0.1) is 12.7 Å². The minimum atomic E-state index is -0.355. The van der Waals surface area contributed by atoms with Crippen molar-refractivity contribution in [1.29, 1.82) is 0 Å². The zero-order chi connectivity index (χ0) is 15.7. The minimum absolute atomic E-state index is 0.0339. The fourth-order valence-electron chi connectivity index (χ4n) is 2.24. The van der Waals surface area contributed by atoms with Gasteiger partial charge in [-0.1, -0.05) is 45.4 Å². The van der Waals surface area contributed by atoms with Gasteiger partial charge >= 0.3 is 0 Å². The molecule has 0 aliphatic rings. The molecular weight excluding hydrogens is 333 g/mol. The van der Waals surface area contributed by atoms with E-state index in [1.807, 2.05) is 6.92 Å². The summed E-state index contributed by atoms with van der Waals surface area (Å²) in [5, 5.41) is 2.79. The number of halogens is 2. The molecule has 0 unspecified atom stereocenters. The standard InChI is InChI=1S/C17H25BrFNO/c1-3-4-5-6-7-8-9-10-17(21)20-16-12-15(19)14(18)11-13(16)2/h11-12H,3-10H2,1-2H3,(H,20,21). The van der Waals surface area contributed by atoms with E-state index in [2.05, 4.69) is 28.2 Å². The molecule has 4 heteroatoms. The number of carbonyl (C=O) groups is 1. The van der Waals surface area contributed by atoms with Crippen molar-refractivity contribution in [1.82, 2.24) is 0 Å². The molecule has 1 rings (SSSR count). The van der Waals surface area contributed by atoms with E-state index in [1.54, 1.807) is 6.07 Å². The van der Waals surface area contributed by atoms with E-state index >= 15 is 0 Å². The lowest BCUT2D eigenvalue weighted by molar-refractivity contribution is -0.116. The van der Waals surface area contributed by atoms with Crippen molar-refractivity contribution in [3.05, 3.63) is 28.0 Å². The molecule has 0 atom stereocenters. The van der Waals surface area contributed by atoms with Gasteiger partial charge in [0.2, 0.25) is 5.91 Å². The van der Waals surface area contributed by atoms with Crippen LogP contribution in [0.4, 0.5) is 10.1 Å². The summed E-state index contributed by atoms with van der Waals surface area (Å²) in [6.07, 6.45) is 8.79. The Labute approximate surface area is 135 Å². The Bertz CT molecular complexity index is 462. The second-order valence-electron chi connectivity index (χ2n) is 5.50. The minimum Gasteiger partial charge on any atom is -0.326 e. The number of amides is 1. The molecule has 0 saturated carbocycles. The van der Waals surface area contributed by atoms with Crippen LogP contribution >= 0.6 is 15.9 Å². The summed E-state index contributed by atoms with van der Waals surface area (Å²) in [6, 6.07) is 3.04. The summed E-state index contributed by atoms with van der Waals surface area (Å²) >= 11 is 3.14. The van der Waals surface area contributed by atoms with Crippen molar-refractivity contribution < 1.29 is 9.18 Å². The van der Waals surface area contributed by atoms with Crippen LogP contribution in [0.15, 0.2) is 16.6 Å². The zero-order valence-corrected chi connectivity index (χ0v) is 14.6. The quantitative estimate of drug-likeness (QED) is 0.541. The summed E-state index contributed by atoms with van der Waals surface area (Å²) in [5.41, 5.74) is 1.42. The van der Waals surface area contributed by atoms with Crippen LogP contribution in [-0.2, 0) is 4.79 Å². The maximum absolute atomic E-state index is 13.5. The highest BCUT2D eigenvalue weighted by atomic mass is 79.9. The Morgan fingerprint density at radius 3 is 2.43 bits per heavy atom. The first-order valence-electron chi connectivity index (χ1n) is 7.80. The number of nitrogens with one attached hydrogen (secondary N) is 1. The Hall–Kier alpha value is -0.900.